The molecule has 0 saturated heterocycles. The molecule has 0 aliphatic carbocycles. The van der Waals surface area contributed by atoms with Crippen molar-refractivity contribution in [3.63, 3.8) is 0 Å². The molecule has 0 aliphatic rings. The van der Waals surface area contributed by atoms with Gasteiger partial charge in [0, 0.05) is 17.7 Å². The number of halogens is 1. The van der Waals surface area contributed by atoms with Crippen LogP contribution in [0.15, 0.2) is 30.3 Å². The molecule has 0 spiro atoms. The second-order valence-corrected chi connectivity index (χ2v) is 4.71. The van der Waals surface area contributed by atoms with Gasteiger partial charge in [-0.15, -0.1) is 0 Å². The number of ketones is 1. The fourth-order valence-electron chi connectivity index (χ4n) is 2.05. The van der Waals surface area contributed by atoms with Gasteiger partial charge < -0.3 is 9.47 Å². The average molecular weight is 337 g/mol. The Morgan fingerprint density at radius 3 is 2.40 bits per heavy atom. The fourth-order valence-corrected chi connectivity index (χ4v) is 2.36. The van der Waals surface area contributed by atoms with Crippen molar-refractivity contribution in [1.82, 2.24) is 0 Å². The average Bonchev–Trinajstić information content (AvgIpc) is 2.45. The third-order valence-electron chi connectivity index (χ3n) is 2.84. The molecule has 0 aromatic heterocycles. The standard InChI is InChI=1S/C15H13BrO4/c1-9(17)20-14-7-12(13(18)8-16)15(19-2)11-6-4-3-5-10(11)14/h3-7H,8H2,1-2H3. The molecule has 0 bridgehead atoms. The maximum atomic E-state index is 12.0. The number of carbonyl (C=O) groups excluding carboxylic acids is 2. The fraction of sp³-hybridized carbons (Fsp3) is 0.200. The van der Waals surface area contributed by atoms with Crippen LogP contribution in [0.4, 0.5) is 0 Å². The second-order valence-electron chi connectivity index (χ2n) is 4.15. The maximum absolute atomic E-state index is 12.0. The van der Waals surface area contributed by atoms with Crippen LogP contribution in [0.1, 0.15) is 17.3 Å². The van der Waals surface area contributed by atoms with Gasteiger partial charge in [-0.2, -0.15) is 0 Å². The first-order valence-electron chi connectivity index (χ1n) is 5.95. The first kappa shape index (κ1) is 14.5. The summed E-state index contributed by atoms with van der Waals surface area (Å²) in [5, 5.41) is 1.63. The topological polar surface area (TPSA) is 52.6 Å². The Kier molecular flexibility index (Phi) is 4.39. The Morgan fingerprint density at radius 2 is 1.85 bits per heavy atom. The minimum absolute atomic E-state index is 0.138. The quantitative estimate of drug-likeness (QED) is 0.372. The Hall–Kier alpha value is -1.88. The van der Waals surface area contributed by atoms with Crippen molar-refractivity contribution in [3.8, 4) is 11.5 Å². The van der Waals surface area contributed by atoms with E-state index in [1.165, 1.54) is 14.0 Å². The summed E-state index contributed by atoms with van der Waals surface area (Å²) >= 11 is 3.14. The van der Waals surface area contributed by atoms with E-state index in [9.17, 15) is 9.59 Å². The molecule has 2 aromatic carbocycles. The van der Waals surface area contributed by atoms with Crippen LogP contribution in [0.5, 0.6) is 11.5 Å². The van der Waals surface area contributed by atoms with Gasteiger partial charge in [-0.05, 0) is 6.07 Å². The molecule has 2 aromatic rings. The van der Waals surface area contributed by atoms with Crippen LogP contribution in [-0.4, -0.2) is 24.2 Å². The SMILES string of the molecule is COc1c(C(=O)CBr)cc(OC(C)=O)c2ccccc12. The number of rotatable bonds is 4. The lowest BCUT2D eigenvalue weighted by molar-refractivity contribution is -0.131. The van der Waals surface area contributed by atoms with Crippen molar-refractivity contribution in [2.75, 3.05) is 12.4 Å². The van der Waals surface area contributed by atoms with Crippen molar-refractivity contribution < 1.29 is 19.1 Å². The number of carbonyl (C=O) groups is 2. The summed E-state index contributed by atoms with van der Waals surface area (Å²) in [6.45, 7) is 1.32. The predicted octanol–water partition coefficient (Wildman–Crippen LogP) is 3.35. The highest BCUT2D eigenvalue weighted by molar-refractivity contribution is 9.09. The molecule has 20 heavy (non-hydrogen) atoms. The molecule has 0 atom stereocenters. The molecule has 104 valence electrons. The third kappa shape index (κ3) is 2.67. The number of fused-ring (bicyclic) bond motifs is 1. The van der Waals surface area contributed by atoms with Crippen molar-refractivity contribution in [1.29, 1.82) is 0 Å². The van der Waals surface area contributed by atoms with E-state index in [2.05, 4.69) is 15.9 Å². The third-order valence-corrected chi connectivity index (χ3v) is 3.35. The molecule has 0 amide bonds. The Morgan fingerprint density at radius 1 is 1.20 bits per heavy atom. The van der Waals surface area contributed by atoms with Crippen molar-refractivity contribution in [2.24, 2.45) is 0 Å². The summed E-state index contributed by atoms with van der Waals surface area (Å²) in [6, 6.07) is 8.86. The van der Waals surface area contributed by atoms with Gasteiger partial charge in [-0.25, -0.2) is 0 Å². The van der Waals surface area contributed by atoms with Crippen LogP contribution in [-0.2, 0) is 4.79 Å². The minimum atomic E-state index is -0.433. The van der Waals surface area contributed by atoms with Gasteiger partial charge in [0.05, 0.1) is 18.0 Å². The van der Waals surface area contributed by atoms with Gasteiger partial charge in [0.1, 0.15) is 11.5 Å². The lowest BCUT2D eigenvalue weighted by Gasteiger charge is -2.14. The van der Waals surface area contributed by atoms with Crippen LogP contribution in [0.3, 0.4) is 0 Å². The highest BCUT2D eigenvalue weighted by Crippen LogP contribution is 2.37. The van der Waals surface area contributed by atoms with Crippen molar-refractivity contribution in [2.45, 2.75) is 6.92 Å². The normalized spacial score (nSPS) is 10.3. The summed E-state index contributed by atoms with van der Waals surface area (Å²) in [4.78, 5) is 23.2. The van der Waals surface area contributed by atoms with Gasteiger partial charge in [0.25, 0.3) is 0 Å². The number of methoxy groups -OCH3 is 1. The Balaban J connectivity index is 2.79. The molecule has 5 heteroatoms. The van der Waals surface area contributed by atoms with Crippen molar-refractivity contribution in [3.05, 3.63) is 35.9 Å². The molecule has 4 nitrogen and oxygen atoms in total. The van der Waals surface area contributed by atoms with E-state index in [-0.39, 0.29) is 11.1 Å². The van der Waals surface area contributed by atoms with E-state index in [4.69, 9.17) is 9.47 Å². The molecule has 0 saturated carbocycles. The molecule has 2 rings (SSSR count). The molecule has 0 aliphatic heterocycles. The van der Waals surface area contributed by atoms with Crippen LogP contribution in [0.25, 0.3) is 10.8 Å². The first-order chi connectivity index (χ1) is 9.58. The molecular formula is C15H13BrO4. The van der Waals surface area contributed by atoms with E-state index < -0.39 is 5.97 Å². The number of Topliss-reactive ketones (excluding diaryl/α,β-unsaturated/α-hetero) is 1. The van der Waals surface area contributed by atoms with E-state index in [0.717, 1.165) is 10.8 Å². The summed E-state index contributed by atoms with van der Waals surface area (Å²) in [5.41, 5.74) is 0.388. The van der Waals surface area contributed by atoms with Gasteiger partial charge >= 0.3 is 5.97 Å². The number of ether oxygens (including phenoxy) is 2. The second kappa shape index (κ2) is 6.05. The van der Waals surface area contributed by atoms with E-state index in [1.807, 2.05) is 24.3 Å². The van der Waals surface area contributed by atoms with E-state index >= 15 is 0 Å². The molecule has 0 unspecified atom stereocenters. The van der Waals surface area contributed by atoms with Crippen LogP contribution >= 0.6 is 15.9 Å². The minimum Gasteiger partial charge on any atom is -0.495 e. The number of hydrogen-bond acceptors (Lipinski definition) is 4. The van der Waals surface area contributed by atoms with E-state index in [0.29, 0.717) is 17.1 Å². The number of alkyl halides is 1. The zero-order chi connectivity index (χ0) is 14.7. The lowest BCUT2D eigenvalue weighted by Crippen LogP contribution is -2.07. The number of esters is 1. The molecule has 0 radical (unpaired) electrons. The van der Waals surface area contributed by atoms with Crippen LogP contribution in [0.2, 0.25) is 0 Å². The summed E-state index contributed by atoms with van der Waals surface area (Å²) in [7, 11) is 1.51. The van der Waals surface area contributed by atoms with Gasteiger partial charge in [0.2, 0.25) is 0 Å². The molecule has 0 N–H and O–H groups in total. The summed E-state index contributed by atoms with van der Waals surface area (Å²) in [5.74, 6) is 0.276. The highest BCUT2D eigenvalue weighted by Gasteiger charge is 2.18. The monoisotopic (exact) mass is 336 g/mol. The van der Waals surface area contributed by atoms with Crippen LogP contribution < -0.4 is 9.47 Å². The predicted molar refractivity (Wildman–Crippen MR) is 79.9 cm³/mol. The molecule has 0 fully saturated rings. The number of hydrogen-bond donors (Lipinski definition) is 0. The smallest absolute Gasteiger partial charge is 0.308 e. The molecule has 0 heterocycles. The molecular weight excluding hydrogens is 324 g/mol. The Bertz CT molecular complexity index is 679. The largest absolute Gasteiger partial charge is 0.495 e. The maximum Gasteiger partial charge on any atom is 0.308 e. The van der Waals surface area contributed by atoms with Crippen molar-refractivity contribution >= 4 is 38.5 Å². The summed E-state index contributed by atoms with van der Waals surface area (Å²) < 4.78 is 10.6. The highest BCUT2D eigenvalue weighted by atomic mass is 79.9. The lowest BCUT2D eigenvalue weighted by atomic mass is 10.0. The van der Waals surface area contributed by atoms with E-state index in [1.54, 1.807) is 6.07 Å². The van der Waals surface area contributed by atoms with Gasteiger partial charge in [-0.3, -0.25) is 9.59 Å². The zero-order valence-corrected chi connectivity index (χ0v) is 12.7. The Labute approximate surface area is 124 Å². The summed E-state index contributed by atoms with van der Waals surface area (Å²) in [6.07, 6.45) is 0. The van der Waals surface area contributed by atoms with Gasteiger partial charge in [0.15, 0.2) is 5.78 Å². The van der Waals surface area contributed by atoms with Crippen LogP contribution in [0, 0.1) is 0 Å². The zero-order valence-electron chi connectivity index (χ0n) is 11.1. The van der Waals surface area contributed by atoms with Gasteiger partial charge in [-0.1, -0.05) is 40.2 Å². The first-order valence-corrected chi connectivity index (χ1v) is 7.08. The number of benzene rings is 2.